The molecule has 0 bridgehead atoms. The van der Waals surface area contributed by atoms with Gasteiger partial charge in [-0.3, -0.25) is 0 Å². The van der Waals surface area contributed by atoms with Crippen molar-refractivity contribution < 1.29 is 4.42 Å². The van der Waals surface area contributed by atoms with Crippen molar-refractivity contribution in [3.05, 3.63) is 59.8 Å². The van der Waals surface area contributed by atoms with E-state index >= 15 is 0 Å². The lowest BCUT2D eigenvalue weighted by molar-refractivity contribution is 0.583. The second kappa shape index (κ2) is 5.06. The molecule has 2 aromatic heterocycles. The minimum absolute atomic E-state index is 0.579. The third kappa shape index (κ3) is 1.92. The first-order valence-corrected chi connectivity index (χ1v) is 8.32. The van der Waals surface area contributed by atoms with E-state index in [4.69, 9.17) is 4.42 Å². The van der Waals surface area contributed by atoms with Crippen LogP contribution in [0.3, 0.4) is 0 Å². The normalized spacial score (nSPS) is 13.5. The summed E-state index contributed by atoms with van der Waals surface area (Å²) >= 11 is 0. The zero-order valence-corrected chi connectivity index (χ0v) is 13.5. The highest BCUT2D eigenvalue weighted by Crippen LogP contribution is 2.35. The Morgan fingerprint density at radius 3 is 2.67 bits per heavy atom. The van der Waals surface area contributed by atoms with E-state index in [0.29, 0.717) is 11.8 Å². The molecule has 5 rings (SSSR count). The molecule has 2 aromatic carbocycles. The Morgan fingerprint density at radius 1 is 0.958 bits per heavy atom. The van der Waals surface area contributed by atoms with Gasteiger partial charge in [0, 0.05) is 23.7 Å². The summed E-state index contributed by atoms with van der Waals surface area (Å²) in [6.45, 7) is 3.10. The minimum atomic E-state index is 0.579. The minimum Gasteiger partial charge on any atom is -0.416 e. The molecule has 0 spiro atoms. The van der Waals surface area contributed by atoms with Gasteiger partial charge >= 0.3 is 0 Å². The lowest BCUT2D eigenvalue weighted by Gasteiger charge is -2.14. The van der Waals surface area contributed by atoms with Crippen molar-refractivity contribution in [1.82, 2.24) is 14.8 Å². The van der Waals surface area contributed by atoms with Crippen LogP contribution in [0.2, 0.25) is 0 Å². The molecule has 0 saturated heterocycles. The van der Waals surface area contributed by atoms with Crippen molar-refractivity contribution in [3.63, 3.8) is 0 Å². The van der Waals surface area contributed by atoms with Crippen molar-refractivity contribution in [2.45, 2.75) is 26.3 Å². The molecular formula is C20H17N3O. The predicted molar refractivity (Wildman–Crippen MR) is 93.7 cm³/mol. The van der Waals surface area contributed by atoms with Crippen molar-refractivity contribution in [2.75, 3.05) is 0 Å². The molecule has 0 saturated carbocycles. The van der Waals surface area contributed by atoms with Gasteiger partial charge in [-0.05, 0) is 37.0 Å². The van der Waals surface area contributed by atoms with Crippen LogP contribution in [0, 0.1) is 6.92 Å². The Bertz CT molecular complexity index is 1060. The molecule has 0 atom stereocenters. The van der Waals surface area contributed by atoms with Crippen LogP contribution in [0.1, 0.15) is 17.5 Å². The van der Waals surface area contributed by atoms with Crippen LogP contribution >= 0.6 is 0 Å². The van der Waals surface area contributed by atoms with Gasteiger partial charge in [-0.15, -0.1) is 10.2 Å². The maximum absolute atomic E-state index is 6.03. The van der Waals surface area contributed by atoms with Crippen molar-refractivity contribution in [2.24, 2.45) is 0 Å². The first kappa shape index (κ1) is 13.5. The number of aromatic nitrogens is 3. The predicted octanol–water partition coefficient (Wildman–Crippen LogP) is 4.61. The van der Waals surface area contributed by atoms with Crippen molar-refractivity contribution >= 4 is 10.9 Å². The lowest BCUT2D eigenvalue weighted by Crippen LogP contribution is -2.05. The average Bonchev–Trinajstić information content (AvgIpc) is 3.22. The molecule has 118 valence electrons. The zero-order valence-electron chi connectivity index (χ0n) is 13.5. The number of hydrogen-bond donors (Lipinski definition) is 0. The molecule has 3 heterocycles. The molecule has 4 aromatic rings. The summed E-state index contributed by atoms with van der Waals surface area (Å²) in [5.74, 6) is 1.17. The number of hydrogen-bond acceptors (Lipinski definition) is 3. The van der Waals surface area contributed by atoms with Crippen LogP contribution in [0.5, 0.6) is 0 Å². The summed E-state index contributed by atoms with van der Waals surface area (Å²) in [7, 11) is 0. The monoisotopic (exact) mass is 315 g/mol. The lowest BCUT2D eigenvalue weighted by atomic mass is 10.0. The fraction of sp³-hybridized carbons (Fsp3) is 0.200. The van der Waals surface area contributed by atoms with Crippen molar-refractivity contribution in [3.8, 4) is 22.9 Å². The van der Waals surface area contributed by atoms with Gasteiger partial charge < -0.3 is 8.98 Å². The maximum atomic E-state index is 6.03. The van der Waals surface area contributed by atoms with E-state index in [1.165, 1.54) is 22.9 Å². The van der Waals surface area contributed by atoms with Gasteiger partial charge in [0.1, 0.15) is 0 Å². The Kier molecular flexibility index (Phi) is 2.86. The van der Waals surface area contributed by atoms with Gasteiger partial charge in [-0.2, -0.15) is 0 Å². The van der Waals surface area contributed by atoms with E-state index in [2.05, 4.69) is 52.2 Å². The van der Waals surface area contributed by atoms with E-state index in [1.807, 2.05) is 18.2 Å². The van der Waals surface area contributed by atoms with Gasteiger partial charge in [0.25, 0.3) is 0 Å². The number of aryl methyl sites for hydroxylation is 3. The number of nitrogens with zero attached hydrogens (tertiary/aromatic N) is 3. The highest BCUT2D eigenvalue weighted by molar-refractivity contribution is 5.96. The van der Waals surface area contributed by atoms with Gasteiger partial charge in [0.15, 0.2) is 0 Å². The third-order valence-electron chi connectivity index (χ3n) is 4.86. The molecule has 0 amide bonds. The molecule has 24 heavy (non-hydrogen) atoms. The second-order valence-corrected chi connectivity index (χ2v) is 6.38. The van der Waals surface area contributed by atoms with Crippen LogP contribution in [0.15, 0.2) is 53.1 Å². The molecule has 0 radical (unpaired) electrons. The fourth-order valence-corrected chi connectivity index (χ4v) is 3.68. The Balaban J connectivity index is 1.68. The van der Waals surface area contributed by atoms with E-state index < -0.39 is 0 Å². The molecule has 1 aliphatic heterocycles. The van der Waals surface area contributed by atoms with Crippen LogP contribution in [-0.2, 0) is 13.0 Å². The first-order chi connectivity index (χ1) is 11.8. The zero-order chi connectivity index (χ0) is 16.1. The second-order valence-electron chi connectivity index (χ2n) is 6.38. The Labute approximate surface area is 139 Å². The molecule has 0 aliphatic carbocycles. The molecule has 0 unspecified atom stereocenters. The van der Waals surface area contributed by atoms with Crippen LogP contribution in [0.25, 0.3) is 33.8 Å². The molecular weight excluding hydrogens is 298 g/mol. The van der Waals surface area contributed by atoms with E-state index in [9.17, 15) is 0 Å². The molecule has 0 N–H and O–H groups in total. The van der Waals surface area contributed by atoms with Crippen molar-refractivity contribution in [1.29, 1.82) is 0 Å². The quantitative estimate of drug-likeness (QED) is 0.542. The summed E-state index contributed by atoms with van der Waals surface area (Å²) in [6, 6.07) is 14.6. The van der Waals surface area contributed by atoms with Crippen LogP contribution in [-0.4, -0.2) is 14.8 Å². The standard InChI is InChI=1S/C20H17N3O/c1-13-6-2-3-9-15(13)19-21-22-20(24-19)17-12-23-11-5-8-14-7-4-10-16(17)18(14)23/h2-4,6-7,9-10,12H,5,8,11H2,1H3. The number of rotatable bonds is 2. The van der Waals surface area contributed by atoms with Gasteiger partial charge in [-0.25, -0.2) is 0 Å². The molecule has 1 aliphatic rings. The summed E-state index contributed by atoms with van der Waals surface area (Å²) in [5, 5.41) is 9.80. The van der Waals surface area contributed by atoms with Crippen LogP contribution < -0.4 is 0 Å². The topological polar surface area (TPSA) is 43.9 Å². The summed E-state index contributed by atoms with van der Waals surface area (Å²) in [4.78, 5) is 0. The van der Waals surface area contributed by atoms with E-state index in [1.54, 1.807) is 0 Å². The number of para-hydroxylation sites is 1. The van der Waals surface area contributed by atoms with Gasteiger partial charge in [0.05, 0.1) is 11.1 Å². The molecule has 0 fully saturated rings. The number of benzene rings is 2. The summed E-state index contributed by atoms with van der Waals surface area (Å²) < 4.78 is 8.35. The van der Waals surface area contributed by atoms with Crippen LogP contribution in [0.4, 0.5) is 0 Å². The summed E-state index contributed by atoms with van der Waals surface area (Å²) in [5.41, 5.74) is 5.87. The Hall–Kier alpha value is -2.88. The van der Waals surface area contributed by atoms with Gasteiger partial charge in [0.2, 0.25) is 11.8 Å². The Morgan fingerprint density at radius 2 is 1.79 bits per heavy atom. The fourth-order valence-electron chi connectivity index (χ4n) is 3.68. The molecule has 4 nitrogen and oxygen atoms in total. The first-order valence-electron chi connectivity index (χ1n) is 8.32. The maximum Gasteiger partial charge on any atom is 0.250 e. The highest BCUT2D eigenvalue weighted by atomic mass is 16.4. The highest BCUT2D eigenvalue weighted by Gasteiger charge is 2.20. The van der Waals surface area contributed by atoms with E-state index in [0.717, 1.165) is 29.7 Å². The SMILES string of the molecule is Cc1ccccc1-c1nnc(-c2cn3c4c(cccc24)CCC3)o1. The smallest absolute Gasteiger partial charge is 0.250 e. The van der Waals surface area contributed by atoms with Gasteiger partial charge in [-0.1, -0.05) is 36.4 Å². The largest absolute Gasteiger partial charge is 0.416 e. The average molecular weight is 315 g/mol. The molecule has 4 heteroatoms. The third-order valence-corrected chi connectivity index (χ3v) is 4.86. The summed E-state index contributed by atoms with van der Waals surface area (Å²) in [6.07, 6.45) is 4.47. The van der Waals surface area contributed by atoms with E-state index in [-0.39, 0.29) is 0 Å².